The average molecular weight is 335 g/mol. The topological polar surface area (TPSA) is 95.7 Å². The zero-order valence-corrected chi connectivity index (χ0v) is 13.8. The molecule has 0 aliphatic heterocycles. The van der Waals surface area contributed by atoms with Crippen LogP contribution in [0.3, 0.4) is 0 Å². The van der Waals surface area contributed by atoms with Crippen molar-refractivity contribution in [2.45, 2.75) is 45.6 Å². The van der Waals surface area contributed by atoms with Crippen molar-refractivity contribution in [3.8, 4) is 0 Å². The van der Waals surface area contributed by atoms with Crippen LogP contribution in [0, 0.1) is 15.5 Å². The molecular weight excluding hydrogens is 314 g/mol. The van der Waals surface area contributed by atoms with Crippen molar-refractivity contribution in [2.24, 2.45) is 5.41 Å². The quantitative estimate of drug-likeness (QED) is 0.465. The van der Waals surface area contributed by atoms with E-state index < -0.39 is 16.3 Å². The van der Waals surface area contributed by atoms with Gasteiger partial charge in [0.2, 0.25) is 0 Å². The molecule has 0 bridgehead atoms. The van der Waals surface area contributed by atoms with Gasteiger partial charge in [-0.1, -0.05) is 0 Å². The van der Waals surface area contributed by atoms with Crippen molar-refractivity contribution in [3.05, 3.63) is 39.9 Å². The lowest BCUT2D eigenvalue weighted by Crippen LogP contribution is -2.38. The van der Waals surface area contributed by atoms with Crippen LogP contribution in [0.5, 0.6) is 0 Å². The molecule has 1 aliphatic carbocycles. The molecule has 1 fully saturated rings. The fraction of sp³-hybridized carbons (Fsp3) is 0.529. The van der Waals surface area contributed by atoms with Crippen LogP contribution in [0.25, 0.3) is 0 Å². The highest BCUT2D eigenvalue weighted by atomic mass is 16.6. The first-order chi connectivity index (χ1) is 11.4. The van der Waals surface area contributed by atoms with E-state index in [0.717, 1.165) is 6.42 Å². The molecule has 1 aromatic rings. The Morgan fingerprint density at radius 3 is 2.58 bits per heavy atom. The Balaban J connectivity index is 2.00. The van der Waals surface area contributed by atoms with Crippen molar-refractivity contribution in [2.75, 3.05) is 6.61 Å². The van der Waals surface area contributed by atoms with Gasteiger partial charge in [0.05, 0.1) is 22.5 Å². The van der Waals surface area contributed by atoms with Crippen molar-refractivity contribution in [1.82, 2.24) is 0 Å². The number of nitro groups is 1. The van der Waals surface area contributed by atoms with Crippen molar-refractivity contribution in [1.29, 1.82) is 0 Å². The summed E-state index contributed by atoms with van der Waals surface area (Å²) >= 11 is 0. The summed E-state index contributed by atoms with van der Waals surface area (Å²) in [7, 11) is 0. The number of ether oxygens (including phenoxy) is 2. The first-order valence-electron chi connectivity index (χ1n) is 7.98. The second-order valence-corrected chi connectivity index (χ2v) is 6.21. The third-order valence-electron chi connectivity index (χ3n) is 4.29. The Morgan fingerprint density at radius 1 is 1.33 bits per heavy atom. The fourth-order valence-corrected chi connectivity index (χ4v) is 2.96. The zero-order valence-electron chi connectivity index (χ0n) is 13.8. The molecule has 7 nitrogen and oxygen atoms in total. The molecule has 130 valence electrons. The molecular formula is C17H21NO6. The third-order valence-corrected chi connectivity index (χ3v) is 4.29. The van der Waals surface area contributed by atoms with E-state index in [1.54, 1.807) is 6.92 Å². The van der Waals surface area contributed by atoms with Crippen LogP contribution < -0.4 is 0 Å². The first kappa shape index (κ1) is 17.9. The molecule has 0 spiro atoms. The number of nitro benzene ring substituents is 1. The van der Waals surface area contributed by atoms with Crippen molar-refractivity contribution < 1.29 is 24.0 Å². The number of carbonyl (C=O) groups excluding carboxylic acids is 2. The standard InChI is InChI=1S/C17H21NO6/c1-3-23-16(20)17(2)10-4-5-14(11-17)24-15(19)12-6-8-13(9-7-12)18(21)22/h6-9,14H,3-5,10-11H2,1-2H3/t14-,17+/m0/s1. The molecule has 0 aromatic heterocycles. The highest BCUT2D eigenvalue weighted by Crippen LogP contribution is 2.38. The number of non-ortho nitro benzene ring substituents is 1. The van der Waals surface area contributed by atoms with E-state index in [4.69, 9.17) is 9.47 Å². The first-order valence-corrected chi connectivity index (χ1v) is 7.98. The molecule has 0 N–H and O–H groups in total. The maximum atomic E-state index is 12.2. The predicted octanol–water partition coefficient (Wildman–Crippen LogP) is 3.26. The third kappa shape index (κ3) is 4.10. The van der Waals surface area contributed by atoms with Gasteiger partial charge >= 0.3 is 11.9 Å². The van der Waals surface area contributed by atoms with Gasteiger partial charge in [-0.3, -0.25) is 14.9 Å². The van der Waals surface area contributed by atoms with Crippen LogP contribution in [-0.2, 0) is 14.3 Å². The number of rotatable bonds is 5. The Bertz CT molecular complexity index is 626. The van der Waals surface area contributed by atoms with Crippen LogP contribution in [0.1, 0.15) is 49.9 Å². The van der Waals surface area contributed by atoms with E-state index in [2.05, 4.69) is 0 Å². The lowest BCUT2D eigenvalue weighted by Gasteiger charge is -2.35. The minimum Gasteiger partial charge on any atom is -0.466 e. The second-order valence-electron chi connectivity index (χ2n) is 6.21. The van der Waals surface area contributed by atoms with E-state index in [1.165, 1.54) is 24.3 Å². The Morgan fingerprint density at radius 2 is 2.00 bits per heavy atom. The van der Waals surface area contributed by atoms with Crippen LogP contribution in [0.15, 0.2) is 24.3 Å². The van der Waals surface area contributed by atoms with Gasteiger partial charge in [-0.25, -0.2) is 4.79 Å². The second kappa shape index (κ2) is 7.42. The van der Waals surface area contributed by atoms with Gasteiger partial charge < -0.3 is 9.47 Å². The summed E-state index contributed by atoms with van der Waals surface area (Å²) in [6, 6.07) is 5.27. The summed E-state index contributed by atoms with van der Waals surface area (Å²) in [6.07, 6.45) is 2.22. The normalized spacial score (nSPS) is 23.3. The molecule has 24 heavy (non-hydrogen) atoms. The highest BCUT2D eigenvalue weighted by Gasteiger charge is 2.41. The summed E-state index contributed by atoms with van der Waals surface area (Å²) < 4.78 is 10.6. The van der Waals surface area contributed by atoms with Gasteiger partial charge in [0.15, 0.2) is 0 Å². The maximum absolute atomic E-state index is 12.2. The van der Waals surface area contributed by atoms with Gasteiger partial charge in [-0.05, 0) is 45.2 Å². The molecule has 1 aliphatic rings. The molecule has 0 radical (unpaired) electrons. The van der Waals surface area contributed by atoms with Gasteiger partial charge in [0.25, 0.3) is 5.69 Å². The van der Waals surface area contributed by atoms with E-state index in [9.17, 15) is 19.7 Å². The largest absolute Gasteiger partial charge is 0.466 e. The molecule has 0 amide bonds. The molecule has 7 heteroatoms. The molecule has 0 heterocycles. The predicted molar refractivity (Wildman–Crippen MR) is 85.5 cm³/mol. The minimum absolute atomic E-state index is 0.0842. The summed E-state index contributed by atoms with van der Waals surface area (Å²) in [5.41, 5.74) is -0.475. The van der Waals surface area contributed by atoms with Crippen LogP contribution in [-0.4, -0.2) is 29.6 Å². The fourth-order valence-electron chi connectivity index (χ4n) is 2.96. The monoisotopic (exact) mass is 335 g/mol. The lowest BCUT2D eigenvalue weighted by atomic mass is 9.74. The van der Waals surface area contributed by atoms with E-state index >= 15 is 0 Å². The summed E-state index contributed by atoms with van der Waals surface area (Å²) in [5.74, 6) is -0.802. The Hall–Kier alpha value is -2.44. The highest BCUT2D eigenvalue weighted by molar-refractivity contribution is 5.89. The minimum atomic E-state index is -0.644. The smallest absolute Gasteiger partial charge is 0.338 e. The number of esters is 2. The molecule has 1 saturated carbocycles. The Labute approximate surface area is 140 Å². The van der Waals surface area contributed by atoms with E-state index in [1.807, 2.05) is 6.92 Å². The van der Waals surface area contributed by atoms with Gasteiger partial charge in [0.1, 0.15) is 6.10 Å². The average Bonchev–Trinajstić information content (AvgIpc) is 2.55. The number of carbonyl (C=O) groups is 2. The van der Waals surface area contributed by atoms with Crippen molar-refractivity contribution >= 4 is 17.6 Å². The van der Waals surface area contributed by atoms with Crippen LogP contribution >= 0.6 is 0 Å². The maximum Gasteiger partial charge on any atom is 0.338 e. The summed E-state index contributed by atoms with van der Waals surface area (Å²) in [6.45, 7) is 3.91. The lowest BCUT2D eigenvalue weighted by molar-refractivity contribution is -0.384. The van der Waals surface area contributed by atoms with Crippen LogP contribution in [0.4, 0.5) is 5.69 Å². The SMILES string of the molecule is CCOC(=O)[C@]1(C)CCC[C@H](OC(=O)c2ccc([N+](=O)[O-])cc2)C1. The molecule has 1 aromatic carbocycles. The molecule has 2 atom stereocenters. The van der Waals surface area contributed by atoms with E-state index in [-0.39, 0.29) is 23.3 Å². The van der Waals surface area contributed by atoms with Gasteiger partial charge in [-0.15, -0.1) is 0 Å². The molecule has 0 unspecified atom stereocenters. The summed E-state index contributed by atoms with van der Waals surface area (Å²) in [5, 5.41) is 10.6. The van der Waals surface area contributed by atoms with Gasteiger partial charge in [0, 0.05) is 18.6 Å². The van der Waals surface area contributed by atoms with Gasteiger partial charge in [-0.2, -0.15) is 0 Å². The molecule has 0 saturated heterocycles. The Kier molecular flexibility index (Phi) is 5.54. The van der Waals surface area contributed by atoms with Crippen LogP contribution in [0.2, 0.25) is 0 Å². The summed E-state index contributed by atoms with van der Waals surface area (Å²) in [4.78, 5) is 34.4. The zero-order chi connectivity index (χ0) is 17.7. The number of hydrogen-bond donors (Lipinski definition) is 0. The number of hydrogen-bond acceptors (Lipinski definition) is 6. The number of benzene rings is 1. The molecule has 2 rings (SSSR count). The number of nitrogens with zero attached hydrogens (tertiary/aromatic N) is 1. The van der Waals surface area contributed by atoms with Crippen molar-refractivity contribution in [3.63, 3.8) is 0 Å². The van der Waals surface area contributed by atoms with E-state index in [0.29, 0.717) is 25.9 Å².